The maximum Gasteiger partial charge on any atom is 0.0613 e. The van der Waals surface area contributed by atoms with E-state index < -0.39 is 0 Å². The number of hydrogen-bond donors (Lipinski definition) is 3. The van der Waals surface area contributed by atoms with Gasteiger partial charge >= 0.3 is 0 Å². The molecule has 1 aromatic carbocycles. The van der Waals surface area contributed by atoms with Crippen molar-refractivity contribution in [3.8, 4) is 0 Å². The summed E-state index contributed by atoms with van der Waals surface area (Å²) in [6.45, 7) is 6.31. The van der Waals surface area contributed by atoms with Crippen LogP contribution in [0.15, 0.2) is 18.2 Å². The van der Waals surface area contributed by atoms with E-state index >= 15 is 0 Å². The molecule has 0 amide bonds. The average molecular weight is 248 g/mol. The highest BCUT2D eigenvalue weighted by molar-refractivity contribution is 5.61. The fourth-order valence-electron chi connectivity index (χ4n) is 2.62. The highest BCUT2D eigenvalue weighted by atomic mass is 16.3. The predicted molar refractivity (Wildman–Crippen MR) is 75.9 cm³/mol. The molecular weight excluding hydrogens is 224 g/mol. The molecule has 0 unspecified atom stereocenters. The van der Waals surface area contributed by atoms with Crippen LogP contribution in [0.1, 0.15) is 37.8 Å². The third-order valence-electron chi connectivity index (χ3n) is 4.24. The Balaban J connectivity index is 2.09. The van der Waals surface area contributed by atoms with Crippen molar-refractivity contribution >= 4 is 5.69 Å². The Hall–Kier alpha value is -1.06. The standard InChI is InChI=1S/C15H24N2O/c1-3-15(4-2,11-18)17-10-13-7-5-6-12-8-9-16-14(12)13/h5-7,16-18H,3-4,8-11H2,1-2H3. The van der Waals surface area contributed by atoms with Crippen LogP contribution < -0.4 is 10.6 Å². The van der Waals surface area contributed by atoms with Crippen molar-refractivity contribution in [3.63, 3.8) is 0 Å². The summed E-state index contributed by atoms with van der Waals surface area (Å²) in [6.07, 6.45) is 3.01. The summed E-state index contributed by atoms with van der Waals surface area (Å²) in [5.41, 5.74) is 3.88. The number of hydrogen-bond acceptors (Lipinski definition) is 3. The van der Waals surface area contributed by atoms with E-state index in [-0.39, 0.29) is 12.1 Å². The lowest BCUT2D eigenvalue weighted by Gasteiger charge is -2.31. The molecular formula is C15H24N2O. The molecule has 100 valence electrons. The second-order valence-corrected chi connectivity index (χ2v) is 5.13. The molecule has 0 saturated carbocycles. The second-order valence-electron chi connectivity index (χ2n) is 5.13. The molecule has 3 nitrogen and oxygen atoms in total. The van der Waals surface area contributed by atoms with Crippen molar-refractivity contribution in [2.45, 2.75) is 45.2 Å². The smallest absolute Gasteiger partial charge is 0.0613 e. The Kier molecular flexibility index (Phi) is 4.25. The van der Waals surface area contributed by atoms with Crippen LogP contribution in [0.2, 0.25) is 0 Å². The largest absolute Gasteiger partial charge is 0.394 e. The van der Waals surface area contributed by atoms with Crippen LogP contribution in [-0.2, 0) is 13.0 Å². The Labute approximate surface area is 110 Å². The van der Waals surface area contributed by atoms with Gasteiger partial charge in [0.15, 0.2) is 0 Å². The normalized spacial score (nSPS) is 14.4. The second kappa shape index (κ2) is 5.72. The lowest BCUT2D eigenvalue weighted by Crippen LogP contribution is -2.47. The molecule has 0 spiro atoms. The molecule has 3 heteroatoms. The average Bonchev–Trinajstić information content (AvgIpc) is 2.90. The van der Waals surface area contributed by atoms with Gasteiger partial charge < -0.3 is 15.7 Å². The molecule has 1 aliphatic heterocycles. The van der Waals surface area contributed by atoms with E-state index in [1.165, 1.54) is 16.8 Å². The van der Waals surface area contributed by atoms with Gasteiger partial charge in [-0.05, 0) is 30.4 Å². The zero-order valence-electron chi connectivity index (χ0n) is 11.4. The van der Waals surface area contributed by atoms with Crippen LogP contribution in [-0.4, -0.2) is 23.8 Å². The molecule has 0 atom stereocenters. The molecule has 0 aliphatic carbocycles. The number of benzene rings is 1. The van der Waals surface area contributed by atoms with E-state index in [1.54, 1.807) is 0 Å². The monoisotopic (exact) mass is 248 g/mol. The zero-order valence-corrected chi connectivity index (χ0v) is 11.4. The fourth-order valence-corrected chi connectivity index (χ4v) is 2.62. The topological polar surface area (TPSA) is 44.3 Å². The lowest BCUT2D eigenvalue weighted by atomic mass is 9.93. The van der Waals surface area contributed by atoms with Crippen molar-refractivity contribution in [2.24, 2.45) is 0 Å². The summed E-state index contributed by atoms with van der Waals surface area (Å²) in [6, 6.07) is 6.48. The molecule has 0 aromatic heterocycles. The first-order valence-corrected chi connectivity index (χ1v) is 6.95. The van der Waals surface area contributed by atoms with Gasteiger partial charge in [0, 0.05) is 24.3 Å². The number of fused-ring (bicyclic) bond motifs is 1. The van der Waals surface area contributed by atoms with Gasteiger partial charge in [-0.1, -0.05) is 32.0 Å². The number of aliphatic hydroxyl groups is 1. The van der Waals surface area contributed by atoms with Gasteiger partial charge in [-0.3, -0.25) is 0 Å². The summed E-state index contributed by atoms with van der Waals surface area (Å²) in [4.78, 5) is 0. The third kappa shape index (κ3) is 2.52. The molecule has 0 saturated heterocycles. The highest BCUT2D eigenvalue weighted by Gasteiger charge is 2.25. The molecule has 18 heavy (non-hydrogen) atoms. The lowest BCUT2D eigenvalue weighted by molar-refractivity contribution is 0.149. The summed E-state index contributed by atoms with van der Waals surface area (Å²) in [5.74, 6) is 0. The molecule has 0 radical (unpaired) electrons. The quantitative estimate of drug-likeness (QED) is 0.724. The molecule has 0 fully saturated rings. The molecule has 1 heterocycles. The van der Waals surface area contributed by atoms with Crippen LogP contribution in [0.4, 0.5) is 5.69 Å². The van der Waals surface area contributed by atoms with Gasteiger partial charge in [0.2, 0.25) is 0 Å². The number of anilines is 1. The minimum absolute atomic E-state index is 0.138. The Morgan fingerprint density at radius 3 is 2.78 bits per heavy atom. The van der Waals surface area contributed by atoms with Crippen molar-refractivity contribution < 1.29 is 5.11 Å². The van der Waals surface area contributed by atoms with Crippen molar-refractivity contribution in [2.75, 3.05) is 18.5 Å². The maximum atomic E-state index is 9.57. The summed E-state index contributed by atoms with van der Waals surface area (Å²) >= 11 is 0. The van der Waals surface area contributed by atoms with Gasteiger partial charge in [-0.25, -0.2) is 0 Å². The molecule has 2 rings (SSSR count). The van der Waals surface area contributed by atoms with Crippen LogP contribution in [0, 0.1) is 0 Å². The van der Waals surface area contributed by atoms with Crippen LogP contribution in [0.25, 0.3) is 0 Å². The van der Waals surface area contributed by atoms with Gasteiger partial charge in [0.05, 0.1) is 6.61 Å². The van der Waals surface area contributed by atoms with Gasteiger partial charge in [0.1, 0.15) is 0 Å². The van der Waals surface area contributed by atoms with Crippen LogP contribution >= 0.6 is 0 Å². The van der Waals surface area contributed by atoms with E-state index in [1.807, 2.05) is 0 Å². The van der Waals surface area contributed by atoms with Crippen molar-refractivity contribution in [3.05, 3.63) is 29.3 Å². The summed E-state index contributed by atoms with van der Waals surface area (Å²) < 4.78 is 0. The minimum Gasteiger partial charge on any atom is -0.394 e. The van der Waals surface area contributed by atoms with Gasteiger partial charge in [-0.2, -0.15) is 0 Å². The van der Waals surface area contributed by atoms with E-state index in [0.29, 0.717) is 0 Å². The first kappa shape index (κ1) is 13.4. The predicted octanol–water partition coefficient (Wildman–Crippen LogP) is 2.30. The summed E-state index contributed by atoms with van der Waals surface area (Å²) in [5, 5.41) is 16.6. The Morgan fingerprint density at radius 1 is 1.33 bits per heavy atom. The van der Waals surface area contributed by atoms with Gasteiger partial charge in [-0.15, -0.1) is 0 Å². The fraction of sp³-hybridized carbons (Fsp3) is 0.600. The number of aliphatic hydroxyl groups excluding tert-OH is 1. The van der Waals surface area contributed by atoms with Gasteiger partial charge in [0.25, 0.3) is 0 Å². The maximum absolute atomic E-state index is 9.57. The molecule has 0 bridgehead atoms. The zero-order chi connectivity index (χ0) is 13.0. The molecule has 1 aliphatic rings. The highest BCUT2D eigenvalue weighted by Crippen LogP contribution is 2.27. The van der Waals surface area contributed by atoms with Crippen molar-refractivity contribution in [1.82, 2.24) is 5.32 Å². The van der Waals surface area contributed by atoms with Crippen LogP contribution in [0.5, 0.6) is 0 Å². The van der Waals surface area contributed by atoms with E-state index in [4.69, 9.17) is 0 Å². The number of nitrogens with one attached hydrogen (secondary N) is 2. The number of para-hydroxylation sites is 1. The third-order valence-corrected chi connectivity index (χ3v) is 4.24. The van der Waals surface area contributed by atoms with E-state index in [9.17, 15) is 5.11 Å². The molecule has 3 N–H and O–H groups in total. The number of rotatable bonds is 6. The van der Waals surface area contributed by atoms with Crippen molar-refractivity contribution in [1.29, 1.82) is 0 Å². The van der Waals surface area contributed by atoms with E-state index in [2.05, 4.69) is 42.7 Å². The summed E-state index contributed by atoms with van der Waals surface area (Å²) in [7, 11) is 0. The first-order valence-electron chi connectivity index (χ1n) is 6.95. The molecule has 1 aromatic rings. The first-order chi connectivity index (χ1) is 8.74. The Morgan fingerprint density at radius 2 is 2.11 bits per heavy atom. The minimum atomic E-state index is -0.138. The SMILES string of the molecule is CCC(CC)(CO)NCc1cccc2c1NCC2. The van der Waals surface area contributed by atoms with Crippen LogP contribution in [0.3, 0.4) is 0 Å². The van der Waals surface area contributed by atoms with E-state index in [0.717, 1.165) is 32.4 Å². The Bertz CT molecular complexity index is 391.